The number of carbonyl (C=O) groups is 3. The van der Waals surface area contributed by atoms with E-state index in [1.165, 1.54) is 0 Å². The molecule has 156 valence electrons. The third-order valence-corrected chi connectivity index (χ3v) is 6.31. The summed E-state index contributed by atoms with van der Waals surface area (Å²) < 4.78 is 10.6. The molecule has 0 spiro atoms. The van der Waals surface area contributed by atoms with Gasteiger partial charge in [0.25, 0.3) is 5.91 Å². The fourth-order valence-electron chi connectivity index (χ4n) is 4.95. The van der Waals surface area contributed by atoms with Crippen molar-refractivity contribution >= 4 is 17.8 Å². The number of esters is 2. The number of hydrogen-bond acceptors (Lipinski definition) is 6. The van der Waals surface area contributed by atoms with Gasteiger partial charge >= 0.3 is 11.9 Å². The molecule has 1 saturated carbocycles. The first-order chi connectivity index (χ1) is 14.1. The van der Waals surface area contributed by atoms with Gasteiger partial charge in [-0.2, -0.15) is 0 Å². The molecule has 1 aromatic rings. The highest BCUT2D eigenvalue weighted by atomic mass is 16.6. The Bertz CT molecular complexity index is 768. The fourth-order valence-corrected chi connectivity index (χ4v) is 4.95. The highest BCUT2D eigenvalue weighted by molar-refractivity contribution is 5.93. The first-order valence-electron chi connectivity index (χ1n) is 10.6. The molecule has 7 heteroatoms. The molecule has 0 bridgehead atoms. The lowest BCUT2D eigenvalue weighted by atomic mass is 10.0. The first kappa shape index (κ1) is 19.9. The molecule has 7 nitrogen and oxygen atoms in total. The minimum Gasteiger partial charge on any atom is -0.465 e. The Morgan fingerprint density at radius 2 is 2.07 bits per heavy atom. The third-order valence-electron chi connectivity index (χ3n) is 6.31. The van der Waals surface area contributed by atoms with Crippen molar-refractivity contribution in [2.45, 2.75) is 69.8 Å². The predicted octanol–water partition coefficient (Wildman–Crippen LogP) is 1.79. The molecule has 0 unspecified atom stereocenters. The molecular weight excluding hydrogens is 372 g/mol. The van der Waals surface area contributed by atoms with Crippen molar-refractivity contribution in [2.24, 2.45) is 5.92 Å². The van der Waals surface area contributed by atoms with Crippen LogP contribution in [0.25, 0.3) is 0 Å². The Morgan fingerprint density at radius 1 is 1.28 bits per heavy atom. The second-order valence-electron chi connectivity index (χ2n) is 8.07. The molecule has 4 rings (SSSR count). The monoisotopic (exact) mass is 400 g/mol. The molecule has 2 saturated heterocycles. The first-order valence-corrected chi connectivity index (χ1v) is 10.6. The van der Waals surface area contributed by atoms with Crippen molar-refractivity contribution in [3.05, 3.63) is 35.9 Å². The fraction of sp³-hybridized carbons (Fsp3) is 0.591. The van der Waals surface area contributed by atoms with Crippen LogP contribution in [0.15, 0.2) is 30.3 Å². The highest BCUT2D eigenvalue weighted by Gasteiger charge is 2.54. The number of ether oxygens (including phenoxy) is 2. The summed E-state index contributed by atoms with van der Waals surface area (Å²) >= 11 is 0. The van der Waals surface area contributed by atoms with E-state index in [1.807, 2.05) is 30.3 Å². The van der Waals surface area contributed by atoms with E-state index in [4.69, 9.17) is 9.47 Å². The summed E-state index contributed by atoms with van der Waals surface area (Å²) in [5.74, 6) is -0.663. The summed E-state index contributed by atoms with van der Waals surface area (Å²) in [4.78, 5) is 39.9. The summed E-state index contributed by atoms with van der Waals surface area (Å²) in [6, 6.07) is 8.73. The van der Waals surface area contributed by atoms with Gasteiger partial charge in [0.2, 0.25) is 6.23 Å². The summed E-state index contributed by atoms with van der Waals surface area (Å²) in [5.41, 5.74) is 1.09. The SMILES string of the molecule is CCOC(=O)[C@H](CCc1ccccc1)N[C@H]1OC(=O)[C@@H]2C[C@@H]3CCC[C@@H]3N2C1=O. The van der Waals surface area contributed by atoms with Crippen molar-refractivity contribution in [3.8, 4) is 0 Å². The van der Waals surface area contributed by atoms with Crippen molar-refractivity contribution < 1.29 is 23.9 Å². The van der Waals surface area contributed by atoms with Gasteiger partial charge in [-0.25, -0.2) is 4.79 Å². The van der Waals surface area contributed by atoms with Gasteiger partial charge in [-0.3, -0.25) is 14.9 Å². The van der Waals surface area contributed by atoms with E-state index in [-0.39, 0.29) is 24.5 Å². The number of carbonyl (C=O) groups excluding carboxylic acids is 3. The molecule has 2 aliphatic heterocycles. The maximum atomic E-state index is 13.1. The Kier molecular flexibility index (Phi) is 5.85. The zero-order valence-corrected chi connectivity index (χ0v) is 16.7. The van der Waals surface area contributed by atoms with Crippen LogP contribution in [0.5, 0.6) is 0 Å². The van der Waals surface area contributed by atoms with Crippen LogP contribution in [0.3, 0.4) is 0 Å². The smallest absolute Gasteiger partial charge is 0.330 e. The zero-order valence-electron chi connectivity index (χ0n) is 16.7. The molecule has 1 aromatic carbocycles. The van der Waals surface area contributed by atoms with E-state index in [2.05, 4.69) is 5.32 Å². The van der Waals surface area contributed by atoms with Gasteiger partial charge in [0.15, 0.2) is 0 Å². The van der Waals surface area contributed by atoms with Crippen LogP contribution in [0, 0.1) is 5.92 Å². The second-order valence-corrected chi connectivity index (χ2v) is 8.07. The standard InChI is InChI=1S/C22H28N2O5/c1-2-28-21(26)16(12-11-14-7-4-3-5-8-14)23-19-20(25)24-17-10-6-9-15(17)13-18(24)22(27)29-19/h3-5,7-8,15-19,23H,2,6,9-13H2,1H3/t15-,16-,17-,18-,19-/m0/s1. The van der Waals surface area contributed by atoms with Crippen LogP contribution in [-0.4, -0.2) is 53.7 Å². The normalized spacial score (nSPS) is 29.2. The molecule has 0 radical (unpaired) electrons. The maximum Gasteiger partial charge on any atom is 0.330 e. The van der Waals surface area contributed by atoms with E-state index in [9.17, 15) is 14.4 Å². The highest BCUT2D eigenvalue weighted by Crippen LogP contribution is 2.43. The zero-order chi connectivity index (χ0) is 20.4. The van der Waals surface area contributed by atoms with Crippen LogP contribution in [-0.2, 0) is 30.3 Å². The van der Waals surface area contributed by atoms with Crippen molar-refractivity contribution in [2.75, 3.05) is 6.61 Å². The molecule has 2 heterocycles. The molecule has 1 N–H and O–H groups in total. The summed E-state index contributed by atoms with van der Waals surface area (Å²) in [5, 5.41) is 2.97. The van der Waals surface area contributed by atoms with Gasteiger partial charge in [0, 0.05) is 6.04 Å². The average molecular weight is 400 g/mol. The molecular formula is C22H28N2O5. The lowest BCUT2D eigenvalue weighted by Crippen LogP contribution is -2.62. The number of hydrogen-bond donors (Lipinski definition) is 1. The van der Waals surface area contributed by atoms with Crippen molar-refractivity contribution in [1.29, 1.82) is 0 Å². The maximum absolute atomic E-state index is 13.1. The lowest BCUT2D eigenvalue weighted by Gasteiger charge is -2.37. The van der Waals surface area contributed by atoms with E-state index < -0.39 is 24.3 Å². The molecule has 29 heavy (non-hydrogen) atoms. The largest absolute Gasteiger partial charge is 0.465 e. The Hall–Kier alpha value is -2.41. The van der Waals surface area contributed by atoms with Gasteiger partial charge in [0.05, 0.1) is 6.61 Å². The van der Waals surface area contributed by atoms with Gasteiger partial charge in [-0.05, 0) is 50.5 Å². The number of nitrogens with zero attached hydrogens (tertiary/aromatic N) is 1. The number of benzene rings is 1. The van der Waals surface area contributed by atoms with Crippen LogP contribution in [0.2, 0.25) is 0 Å². The molecule has 5 atom stereocenters. The Morgan fingerprint density at radius 3 is 2.83 bits per heavy atom. The number of fused-ring (bicyclic) bond motifs is 3. The summed E-state index contributed by atoms with van der Waals surface area (Å²) in [6.07, 6.45) is 3.71. The topological polar surface area (TPSA) is 84.9 Å². The van der Waals surface area contributed by atoms with Gasteiger partial charge < -0.3 is 14.4 Å². The Balaban J connectivity index is 1.46. The number of amides is 1. The summed E-state index contributed by atoms with van der Waals surface area (Å²) in [6.45, 7) is 1.99. The van der Waals surface area contributed by atoms with E-state index in [1.54, 1.807) is 11.8 Å². The predicted molar refractivity (Wildman–Crippen MR) is 105 cm³/mol. The molecule has 1 aliphatic carbocycles. The average Bonchev–Trinajstić information content (AvgIpc) is 3.31. The third kappa shape index (κ3) is 4.01. The molecule has 1 amide bonds. The van der Waals surface area contributed by atoms with Crippen molar-refractivity contribution in [1.82, 2.24) is 10.2 Å². The van der Waals surface area contributed by atoms with Crippen molar-refractivity contribution in [3.63, 3.8) is 0 Å². The summed E-state index contributed by atoms with van der Waals surface area (Å²) in [7, 11) is 0. The number of aryl methyl sites for hydroxylation is 1. The van der Waals surface area contributed by atoms with Crippen LogP contribution < -0.4 is 5.32 Å². The van der Waals surface area contributed by atoms with E-state index in [0.29, 0.717) is 25.2 Å². The minimum atomic E-state index is -1.14. The van der Waals surface area contributed by atoms with Crippen LogP contribution in [0.1, 0.15) is 44.6 Å². The number of cyclic esters (lactones) is 1. The minimum absolute atomic E-state index is 0.120. The molecule has 0 aromatic heterocycles. The number of morpholine rings is 1. The second kappa shape index (κ2) is 8.53. The molecule has 3 fully saturated rings. The van der Waals surface area contributed by atoms with E-state index >= 15 is 0 Å². The van der Waals surface area contributed by atoms with E-state index in [0.717, 1.165) is 24.8 Å². The van der Waals surface area contributed by atoms with Gasteiger partial charge in [-0.15, -0.1) is 0 Å². The number of rotatable bonds is 7. The number of nitrogens with one attached hydrogen (secondary N) is 1. The lowest BCUT2D eigenvalue weighted by molar-refractivity contribution is -0.181. The Labute approximate surface area is 170 Å². The van der Waals surface area contributed by atoms with Gasteiger partial charge in [-0.1, -0.05) is 36.8 Å². The molecule has 3 aliphatic rings. The van der Waals surface area contributed by atoms with Crippen LogP contribution in [0.4, 0.5) is 0 Å². The van der Waals surface area contributed by atoms with Gasteiger partial charge in [0.1, 0.15) is 12.1 Å². The quantitative estimate of drug-likeness (QED) is 0.703. The van der Waals surface area contributed by atoms with Crippen LogP contribution >= 0.6 is 0 Å².